The van der Waals surface area contributed by atoms with E-state index >= 15 is 0 Å². The Morgan fingerprint density at radius 2 is 1.59 bits per heavy atom. The molecule has 0 fully saturated rings. The molecule has 241 valence electrons. The second kappa shape index (κ2) is 13.7. The second-order valence-electron chi connectivity index (χ2n) is 13.5. The van der Waals surface area contributed by atoms with Crippen LogP contribution in [0.25, 0.3) is 11.0 Å². The van der Waals surface area contributed by atoms with Gasteiger partial charge in [-0.05, 0) is 53.7 Å². The number of anilines is 1. The molecular weight excluding hydrogens is 589 g/mol. The Labute approximate surface area is 274 Å². The molecule has 0 saturated heterocycles. The molecule has 8 nitrogen and oxygen atoms in total. The largest absolute Gasteiger partial charge is 0.496 e. The lowest BCUT2D eigenvalue weighted by Crippen LogP contribution is -2.66. The Kier molecular flexibility index (Phi) is 9.95. The summed E-state index contributed by atoms with van der Waals surface area (Å²) >= 11 is 0. The molecular formula is C37H47N6O2Si. The van der Waals surface area contributed by atoms with Gasteiger partial charge >= 0.3 is 0 Å². The molecule has 0 spiro atoms. The molecule has 1 radical (unpaired) electrons. The first kappa shape index (κ1) is 33.3. The number of nitrogens with zero attached hydrogens (tertiary/aromatic N) is 4. The van der Waals surface area contributed by atoms with Gasteiger partial charge in [0.1, 0.15) is 16.8 Å². The Morgan fingerprint density at radius 1 is 0.935 bits per heavy atom. The van der Waals surface area contributed by atoms with Gasteiger partial charge in [0.15, 0.2) is 5.82 Å². The molecule has 9 heteroatoms. The quantitative estimate of drug-likeness (QED) is 0.152. The third-order valence-electron chi connectivity index (χ3n) is 8.76. The highest BCUT2D eigenvalue weighted by Crippen LogP contribution is 2.37. The first-order valence-electron chi connectivity index (χ1n) is 16.1. The summed E-state index contributed by atoms with van der Waals surface area (Å²) in [6.07, 6.45) is 6.29. The smallest absolute Gasteiger partial charge is 0.261 e. The molecule has 2 heterocycles. The van der Waals surface area contributed by atoms with Gasteiger partial charge in [-0.3, -0.25) is 4.68 Å². The number of benzene rings is 3. The lowest BCUT2D eigenvalue weighted by atomic mass is 9.94. The molecule has 5 rings (SSSR count). The van der Waals surface area contributed by atoms with Crippen molar-refractivity contribution in [2.45, 2.75) is 77.5 Å². The maximum Gasteiger partial charge on any atom is 0.261 e. The Bertz CT molecular complexity index is 1690. The summed E-state index contributed by atoms with van der Waals surface area (Å²) in [6, 6.07) is 27.8. The van der Waals surface area contributed by atoms with E-state index in [1.165, 1.54) is 10.4 Å². The van der Waals surface area contributed by atoms with E-state index in [4.69, 9.17) is 14.9 Å². The van der Waals surface area contributed by atoms with E-state index in [1.807, 2.05) is 30.7 Å². The summed E-state index contributed by atoms with van der Waals surface area (Å²) in [5.74, 6) is 1.47. The summed E-state index contributed by atoms with van der Waals surface area (Å²) in [7, 11) is -0.945. The van der Waals surface area contributed by atoms with E-state index < -0.39 is 13.9 Å². The van der Waals surface area contributed by atoms with Gasteiger partial charge in [0.25, 0.3) is 8.32 Å². The fourth-order valence-electron chi connectivity index (χ4n) is 6.23. The molecule has 0 aliphatic heterocycles. The number of ether oxygens (including phenoxy) is 1. The first-order valence-corrected chi connectivity index (χ1v) is 18.0. The van der Waals surface area contributed by atoms with Gasteiger partial charge < -0.3 is 20.2 Å². The fourth-order valence-corrected chi connectivity index (χ4v) is 10.8. The lowest BCUT2D eigenvalue weighted by Gasteiger charge is -2.43. The van der Waals surface area contributed by atoms with Crippen LogP contribution in [0.1, 0.15) is 65.5 Å². The van der Waals surface area contributed by atoms with Gasteiger partial charge in [0.2, 0.25) is 6.33 Å². The topological polar surface area (TPSA) is 100 Å². The molecule has 46 heavy (non-hydrogen) atoms. The average molecular weight is 636 g/mol. The van der Waals surface area contributed by atoms with E-state index in [-0.39, 0.29) is 11.1 Å². The molecule has 0 aliphatic carbocycles. The van der Waals surface area contributed by atoms with Crippen LogP contribution in [0.5, 0.6) is 5.75 Å². The third-order valence-corrected chi connectivity index (χ3v) is 13.8. The molecule has 1 atom stereocenters. The summed E-state index contributed by atoms with van der Waals surface area (Å²) in [5, 5.41) is 10.8. The third kappa shape index (κ3) is 6.87. The molecule has 3 aromatic carbocycles. The minimum atomic E-state index is -2.62. The van der Waals surface area contributed by atoms with Crippen molar-refractivity contribution in [3.8, 4) is 5.75 Å². The predicted molar refractivity (Wildman–Crippen MR) is 189 cm³/mol. The molecule has 5 aromatic rings. The van der Waals surface area contributed by atoms with Gasteiger partial charge in [-0.1, -0.05) is 100 Å². The summed E-state index contributed by atoms with van der Waals surface area (Å²) < 4.78 is 14.9. The van der Waals surface area contributed by atoms with E-state index in [0.717, 1.165) is 40.8 Å². The van der Waals surface area contributed by atoms with Crippen LogP contribution in [0.4, 0.5) is 5.82 Å². The zero-order valence-corrected chi connectivity index (χ0v) is 29.2. The average Bonchev–Trinajstić information content (AvgIpc) is 3.46. The van der Waals surface area contributed by atoms with Crippen LogP contribution in [0.3, 0.4) is 0 Å². The van der Waals surface area contributed by atoms with Crippen molar-refractivity contribution in [3.63, 3.8) is 0 Å². The van der Waals surface area contributed by atoms with Crippen LogP contribution in [-0.2, 0) is 16.5 Å². The van der Waals surface area contributed by atoms with Gasteiger partial charge in [-0.15, -0.1) is 0 Å². The molecule has 0 saturated carbocycles. The van der Waals surface area contributed by atoms with Gasteiger partial charge in [-0.2, -0.15) is 5.10 Å². The maximum atomic E-state index is 7.19. The van der Waals surface area contributed by atoms with Crippen LogP contribution in [-0.4, -0.2) is 47.8 Å². The highest BCUT2D eigenvalue weighted by molar-refractivity contribution is 6.99. The predicted octanol–water partition coefficient (Wildman–Crippen LogP) is 6.03. The van der Waals surface area contributed by atoms with Crippen LogP contribution in [0, 0.1) is 6.33 Å². The summed E-state index contributed by atoms with van der Waals surface area (Å²) in [5.41, 5.74) is 9.43. The van der Waals surface area contributed by atoms with Crippen molar-refractivity contribution < 1.29 is 9.16 Å². The minimum absolute atomic E-state index is 0.0791. The number of rotatable bonds is 13. The SMILES string of the molecule is CC[C@@H](CCO[Si](c1ccccc1)(c1ccccc1)C(C)(C)C)Nc1n[c]nc2cnn(Cc3ccc(C(C)(C)N)cc3OC)c12. The number of nitrogens with one attached hydrogen (secondary N) is 1. The highest BCUT2D eigenvalue weighted by Gasteiger charge is 2.50. The van der Waals surface area contributed by atoms with Crippen molar-refractivity contribution in [2.75, 3.05) is 19.0 Å². The van der Waals surface area contributed by atoms with Gasteiger partial charge in [0.05, 0.1) is 19.9 Å². The number of hydrogen-bond donors (Lipinski definition) is 2. The number of methoxy groups -OCH3 is 1. The normalized spacial score (nSPS) is 13.1. The summed E-state index contributed by atoms with van der Waals surface area (Å²) in [6.45, 7) is 14.2. The van der Waals surface area contributed by atoms with E-state index in [1.54, 1.807) is 13.3 Å². The number of aromatic nitrogens is 4. The zero-order valence-electron chi connectivity index (χ0n) is 28.2. The molecule has 2 aromatic heterocycles. The Morgan fingerprint density at radius 3 is 2.15 bits per heavy atom. The van der Waals surface area contributed by atoms with Crippen LogP contribution >= 0.6 is 0 Å². The second-order valence-corrected chi connectivity index (χ2v) is 17.8. The van der Waals surface area contributed by atoms with Crippen molar-refractivity contribution in [1.29, 1.82) is 0 Å². The van der Waals surface area contributed by atoms with Crippen molar-refractivity contribution in [2.24, 2.45) is 5.73 Å². The van der Waals surface area contributed by atoms with Crippen LogP contribution in [0.15, 0.2) is 85.1 Å². The van der Waals surface area contributed by atoms with Crippen LogP contribution < -0.4 is 26.2 Å². The number of hydrogen-bond acceptors (Lipinski definition) is 7. The van der Waals surface area contributed by atoms with Crippen molar-refractivity contribution in [3.05, 3.63) is 103 Å². The number of fused-ring (bicyclic) bond motifs is 1. The Balaban J connectivity index is 1.39. The van der Waals surface area contributed by atoms with Gasteiger partial charge in [0, 0.05) is 23.8 Å². The molecule has 0 amide bonds. The fraction of sp³-hybridized carbons (Fsp3) is 0.378. The standard InChI is InChI=1S/C37H47N6O2Si/c1-8-29(21-22-45-46(36(2,3)4,30-15-11-9-12-16-30)31-17-13-10-14-18-31)42-35-34-32(39-26-40-35)24-41-43(34)25-27-19-20-28(37(5,6)38)23-33(27)44-7/h9-20,23-24,29H,8,21-22,25,38H2,1-7H3,(H,39,40,42)/t29-/m0/s1. The van der Waals surface area contributed by atoms with E-state index in [0.29, 0.717) is 19.0 Å². The lowest BCUT2D eigenvalue weighted by molar-refractivity contribution is 0.282. The summed E-state index contributed by atoms with van der Waals surface area (Å²) in [4.78, 5) is 8.95. The van der Waals surface area contributed by atoms with Gasteiger partial charge in [-0.25, -0.2) is 9.97 Å². The maximum absolute atomic E-state index is 7.19. The Hall–Kier alpha value is -4.05. The zero-order chi connectivity index (χ0) is 33.0. The molecule has 0 unspecified atom stereocenters. The van der Waals surface area contributed by atoms with E-state index in [2.05, 4.69) is 121 Å². The van der Waals surface area contributed by atoms with Crippen molar-refractivity contribution in [1.82, 2.24) is 19.7 Å². The first-order chi connectivity index (χ1) is 22.0. The molecule has 0 bridgehead atoms. The van der Waals surface area contributed by atoms with Crippen LogP contribution in [0.2, 0.25) is 5.04 Å². The monoisotopic (exact) mass is 635 g/mol. The minimum Gasteiger partial charge on any atom is -0.496 e. The highest BCUT2D eigenvalue weighted by atomic mass is 28.4. The van der Waals surface area contributed by atoms with E-state index in [9.17, 15) is 0 Å². The van der Waals surface area contributed by atoms with Crippen molar-refractivity contribution >= 4 is 35.5 Å². The molecule has 0 aliphatic rings. The number of nitrogens with two attached hydrogens (primary N) is 1. The molecule has 3 N–H and O–H groups in total.